The van der Waals surface area contributed by atoms with E-state index < -0.39 is 4.92 Å². The average molecular weight is 219 g/mol. The van der Waals surface area contributed by atoms with E-state index in [1.54, 1.807) is 6.07 Å². The van der Waals surface area contributed by atoms with Gasteiger partial charge in [0.25, 0.3) is 5.69 Å². The van der Waals surface area contributed by atoms with Gasteiger partial charge < -0.3 is 10.5 Å². The van der Waals surface area contributed by atoms with Gasteiger partial charge in [-0.25, -0.2) is 0 Å². The van der Waals surface area contributed by atoms with Crippen molar-refractivity contribution in [2.24, 2.45) is 5.73 Å². The first-order valence-corrected chi connectivity index (χ1v) is 3.70. The predicted octanol–water partition coefficient (Wildman–Crippen LogP) is 1.48. The zero-order chi connectivity index (χ0) is 9.84. The summed E-state index contributed by atoms with van der Waals surface area (Å²) in [5.41, 5.74) is 6.06. The Balaban J connectivity index is 0.00000169. The number of methoxy groups -OCH3 is 1. The van der Waals surface area contributed by atoms with Crippen molar-refractivity contribution in [2.45, 2.75) is 6.54 Å². The number of nitrogens with two attached hydrogens (primary N) is 1. The van der Waals surface area contributed by atoms with Crippen LogP contribution in [0.5, 0.6) is 5.75 Å². The Kier molecular flexibility index (Phi) is 4.90. The monoisotopic (exact) mass is 218 g/mol. The molecule has 0 saturated carbocycles. The molecule has 6 heteroatoms. The minimum Gasteiger partial charge on any atom is -0.496 e. The molecule has 14 heavy (non-hydrogen) atoms. The van der Waals surface area contributed by atoms with Crippen LogP contribution in [0.1, 0.15) is 5.56 Å². The van der Waals surface area contributed by atoms with Crippen LogP contribution in [0.4, 0.5) is 5.69 Å². The highest BCUT2D eigenvalue weighted by molar-refractivity contribution is 5.85. The lowest BCUT2D eigenvalue weighted by Crippen LogP contribution is -2.00. The Bertz CT molecular complexity index is 330. The molecule has 5 nitrogen and oxygen atoms in total. The second kappa shape index (κ2) is 5.41. The molecule has 0 saturated heterocycles. The van der Waals surface area contributed by atoms with Gasteiger partial charge in [-0.05, 0) is 6.07 Å². The van der Waals surface area contributed by atoms with Gasteiger partial charge in [0.2, 0.25) is 0 Å². The lowest BCUT2D eigenvalue weighted by molar-refractivity contribution is -0.384. The van der Waals surface area contributed by atoms with Gasteiger partial charge in [0.15, 0.2) is 0 Å². The molecule has 0 aromatic heterocycles. The summed E-state index contributed by atoms with van der Waals surface area (Å²) in [5, 5.41) is 10.4. The molecule has 2 N–H and O–H groups in total. The minimum atomic E-state index is -0.460. The van der Waals surface area contributed by atoms with Gasteiger partial charge in [0.1, 0.15) is 5.75 Å². The van der Waals surface area contributed by atoms with E-state index in [9.17, 15) is 10.1 Å². The van der Waals surface area contributed by atoms with Crippen molar-refractivity contribution in [2.75, 3.05) is 7.11 Å². The van der Waals surface area contributed by atoms with Crippen molar-refractivity contribution in [1.29, 1.82) is 0 Å². The lowest BCUT2D eigenvalue weighted by Gasteiger charge is -2.04. The largest absolute Gasteiger partial charge is 0.496 e. The fourth-order valence-corrected chi connectivity index (χ4v) is 1.04. The van der Waals surface area contributed by atoms with Crippen LogP contribution in [-0.4, -0.2) is 12.0 Å². The van der Waals surface area contributed by atoms with Crippen LogP contribution >= 0.6 is 12.4 Å². The molecule has 0 fully saturated rings. The van der Waals surface area contributed by atoms with E-state index in [0.29, 0.717) is 11.3 Å². The number of rotatable bonds is 3. The fraction of sp³-hybridized carbons (Fsp3) is 0.250. The second-order valence-corrected chi connectivity index (χ2v) is 2.46. The molecule has 0 aliphatic carbocycles. The number of ether oxygens (including phenoxy) is 1. The fourth-order valence-electron chi connectivity index (χ4n) is 1.04. The predicted molar refractivity (Wildman–Crippen MR) is 54.8 cm³/mol. The summed E-state index contributed by atoms with van der Waals surface area (Å²) < 4.78 is 4.97. The molecule has 1 aromatic carbocycles. The maximum atomic E-state index is 10.4. The molecule has 0 unspecified atom stereocenters. The van der Waals surface area contributed by atoms with Crippen molar-refractivity contribution < 1.29 is 9.66 Å². The first-order chi connectivity index (χ1) is 6.19. The van der Waals surface area contributed by atoms with Crippen LogP contribution in [0, 0.1) is 10.1 Å². The summed E-state index contributed by atoms with van der Waals surface area (Å²) in [6.45, 7) is 0.227. The quantitative estimate of drug-likeness (QED) is 0.616. The van der Waals surface area contributed by atoms with Crippen LogP contribution in [0.3, 0.4) is 0 Å². The normalized spacial score (nSPS) is 9.00. The third-order valence-electron chi connectivity index (χ3n) is 1.69. The van der Waals surface area contributed by atoms with Crippen molar-refractivity contribution in [3.05, 3.63) is 33.9 Å². The van der Waals surface area contributed by atoms with Gasteiger partial charge in [0, 0.05) is 24.2 Å². The molecule has 0 aliphatic heterocycles. The summed E-state index contributed by atoms with van der Waals surface area (Å²) in [5.74, 6) is 0.577. The van der Waals surface area contributed by atoms with Crippen LogP contribution < -0.4 is 10.5 Å². The van der Waals surface area contributed by atoms with Crippen LogP contribution in [0.15, 0.2) is 18.2 Å². The van der Waals surface area contributed by atoms with Gasteiger partial charge >= 0.3 is 0 Å². The van der Waals surface area contributed by atoms with E-state index in [4.69, 9.17) is 10.5 Å². The number of hydrogen-bond donors (Lipinski definition) is 1. The summed E-state index contributed by atoms with van der Waals surface area (Å²) in [6.07, 6.45) is 0. The van der Waals surface area contributed by atoms with Crippen molar-refractivity contribution in [3.8, 4) is 5.75 Å². The van der Waals surface area contributed by atoms with Crippen molar-refractivity contribution in [3.63, 3.8) is 0 Å². The first-order valence-electron chi connectivity index (χ1n) is 3.70. The second-order valence-electron chi connectivity index (χ2n) is 2.46. The van der Waals surface area contributed by atoms with Gasteiger partial charge in [-0.3, -0.25) is 10.1 Å². The van der Waals surface area contributed by atoms with Crippen LogP contribution in [0.2, 0.25) is 0 Å². The van der Waals surface area contributed by atoms with E-state index >= 15 is 0 Å². The Morgan fingerprint density at radius 1 is 1.57 bits per heavy atom. The summed E-state index contributed by atoms with van der Waals surface area (Å²) in [6, 6.07) is 4.34. The van der Waals surface area contributed by atoms with E-state index in [-0.39, 0.29) is 24.6 Å². The zero-order valence-corrected chi connectivity index (χ0v) is 8.41. The lowest BCUT2D eigenvalue weighted by atomic mass is 10.2. The standard InChI is InChI=1S/C8H10N2O3.ClH/c1-13-8-3-2-7(10(11)12)4-6(8)5-9;/h2-4H,5,9H2,1H3;1H. The number of nitro benzene ring substituents is 1. The number of benzene rings is 1. The van der Waals surface area contributed by atoms with Crippen molar-refractivity contribution >= 4 is 18.1 Å². The molecule has 78 valence electrons. The highest BCUT2D eigenvalue weighted by Crippen LogP contribution is 2.22. The van der Waals surface area contributed by atoms with Crippen LogP contribution in [0.25, 0.3) is 0 Å². The molecule has 0 heterocycles. The van der Waals surface area contributed by atoms with Crippen LogP contribution in [-0.2, 0) is 6.54 Å². The third-order valence-corrected chi connectivity index (χ3v) is 1.69. The zero-order valence-electron chi connectivity index (χ0n) is 7.60. The number of halogens is 1. The van der Waals surface area contributed by atoms with E-state index in [2.05, 4.69) is 0 Å². The Morgan fingerprint density at radius 3 is 2.64 bits per heavy atom. The number of nitrogens with zero attached hydrogens (tertiary/aromatic N) is 1. The van der Waals surface area contributed by atoms with Crippen molar-refractivity contribution in [1.82, 2.24) is 0 Å². The third kappa shape index (κ3) is 2.58. The summed E-state index contributed by atoms with van der Waals surface area (Å²) in [4.78, 5) is 9.93. The van der Waals surface area contributed by atoms with Gasteiger partial charge in [-0.1, -0.05) is 0 Å². The molecular weight excluding hydrogens is 208 g/mol. The number of hydrogen-bond acceptors (Lipinski definition) is 4. The minimum absolute atomic E-state index is 0. The molecular formula is C8H11ClN2O3. The van der Waals surface area contributed by atoms with E-state index in [1.165, 1.54) is 19.2 Å². The smallest absolute Gasteiger partial charge is 0.270 e. The molecule has 0 amide bonds. The van der Waals surface area contributed by atoms with E-state index in [1.807, 2.05) is 0 Å². The molecule has 1 aromatic rings. The Hall–Kier alpha value is -1.33. The SMILES string of the molecule is COc1ccc([N+](=O)[O-])cc1CN.Cl. The summed E-state index contributed by atoms with van der Waals surface area (Å²) >= 11 is 0. The average Bonchev–Trinajstić information content (AvgIpc) is 2.16. The number of non-ortho nitro benzene ring substituents is 1. The molecule has 0 atom stereocenters. The van der Waals surface area contributed by atoms with Gasteiger partial charge in [-0.2, -0.15) is 0 Å². The maximum absolute atomic E-state index is 10.4. The van der Waals surface area contributed by atoms with Gasteiger partial charge in [-0.15, -0.1) is 12.4 Å². The Morgan fingerprint density at radius 2 is 2.21 bits per heavy atom. The molecule has 0 bridgehead atoms. The molecule has 0 spiro atoms. The highest BCUT2D eigenvalue weighted by atomic mass is 35.5. The molecule has 0 aliphatic rings. The topological polar surface area (TPSA) is 78.4 Å². The van der Waals surface area contributed by atoms with Gasteiger partial charge in [0.05, 0.1) is 12.0 Å². The Labute approximate surface area is 87.4 Å². The first kappa shape index (κ1) is 12.7. The number of nitro groups is 1. The highest BCUT2D eigenvalue weighted by Gasteiger charge is 2.09. The molecule has 0 radical (unpaired) electrons. The van der Waals surface area contributed by atoms with E-state index in [0.717, 1.165) is 0 Å². The molecule has 1 rings (SSSR count). The maximum Gasteiger partial charge on any atom is 0.270 e. The summed E-state index contributed by atoms with van der Waals surface area (Å²) in [7, 11) is 1.50.